The lowest BCUT2D eigenvalue weighted by Crippen LogP contribution is -2.35. The molecular weight excluding hydrogens is 273 g/mol. The molecule has 1 fully saturated rings. The maximum atomic E-state index is 12.4. The van der Waals surface area contributed by atoms with Gasteiger partial charge in [-0.25, -0.2) is 4.98 Å². The zero-order valence-electron chi connectivity index (χ0n) is 9.00. The third-order valence-corrected chi connectivity index (χ3v) is 3.68. The first kappa shape index (κ1) is 13.1. The number of aromatic nitrogens is 1. The van der Waals surface area contributed by atoms with Gasteiger partial charge in [-0.15, -0.1) is 22.9 Å². The minimum absolute atomic E-state index is 0.0694. The van der Waals surface area contributed by atoms with E-state index in [4.69, 9.17) is 11.6 Å². The zero-order chi connectivity index (χ0) is 12.5. The minimum Gasteiger partial charge on any atom is -0.285 e. The molecule has 0 spiro atoms. The van der Waals surface area contributed by atoms with Crippen LogP contribution in [-0.2, 0) is 12.4 Å². The summed E-state index contributed by atoms with van der Waals surface area (Å²) in [4.78, 5) is 5.64. The topological polar surface area (TPSA) is 16.1 Å². The zero-order valence-corrected chi connectivity index (χ0v) is 10.6. The van der Waals surface area contributed by atoms with Gasteiger partial charge in [-0.05, 0) is 12.8 Å². The average molecular weight is 285 g/mol. The summed E-state index contributed by atoms with van der Waals surface area (Å²) >= 11 is 6.98. The summed E-state index contributed by atoms with van der Waals surface area (Å²) in [7, 11) is 0. The highest BCUT2D eigenvalue weighted by atomic mass is 35.5. The van der Waals surface area contributed by atoms with Crippen molar-refractivity contribution in [1.82, 2.24) is 9.88 Å². The number of halogens is 4. The number of hydrogen-bond donors (Lipinski definition) is 0. The maximum absolute atomic E-state index is 12.4. The fourth-order valence-corrected chi connectivity index (χ4v) is 2.69. The van der Waals surface area contributed by atoms with Gasteiger partial charge in [-0.3, -0.25) is 4.90 Å². The average Bonchev–Trinajstić information content (AvgIpc) is 2.97. The van der Waals surface area contributed by atoms with Gasteiger partial charge in [0.2, 0.25) is 0 Å². The van der Waals surface area contributed by atoms with Gasteiger partial charge in [0.15, 0.2) is 0 Å². The first-order valence-electron chi connectivity index (χ1n) is 5.28. The molecule has 0 saturated heterocycles. The van der Waals surface area contributed by atoms with Crippen LogP contribution in [0.5, 0.6) is 0 Å². The predicted octanol–water partition coefficient (Wildman–Crippen LogP) is 3.41. The predicted molar refractivity (Wildman–Crippen MR) is 61.2 cm³/mol. The lowest BCUT2D eigenvalue weighted by Gasteiger charge is -2.22. The molecular formula is C10H12ClF3N2S. The molecule has 0 amide bonds. The quantitative estimate of drug-likeness (QED) is 0.770. The summed E-state index contributed by atoms with van der Waals surface area (Å²) in [6.07, 6.45) is -2.44. The molecule has 0 bridgehead atoms. The monoisotopic (exact) mass is 284 g/mol. The van der Waals surface area contributed by atoms with E-state index in [1.165, 1.54) is 16.2 Å². The van der Waals surface area contributed by atoms with Crippen LogP contribution in [0, 0.1) is 0 Å². The second-order valence-corrected chi connectivity index (χ2v) is 5.33. The van der Waals surface area contributed by atoms with E-state index in [9.17, 15) is 13.2 Å². The van der Waals surface area contributed by atoms with Gasteiger partial charge in [-0.2, -0.15) is 13.2 Å². The first-order valence-corrected chi connectivity index (χ1v) is 6.69. The Morgan fingerprint density at radius 1 is 1.47 bits per heavy atom. The molecule has 1 heterocycles. The van der Waals surface area contributed by atoms with Crippen molar-refractivity contribution < 1.29 is 13.2 Å². The lowest BCUT2D eigenvalue weighted by atomic mass is 10.4. The number of nitrogens with zero attached hydrogens (tertiary/aromatic N) is 2. The van der Waals surface area contributed by atoms with Crippen molar-refractivity contribution in [2.45, 2.75) is 37.5 Å². The van der Waals surface area contributed by atoms with Crippen molar-refractivity contribution in [3.63, 3.8) is 0 Å². The van der Waals surface area contributed by atoms with Crippen LogP contribution in [0.25, 0.3) is 0 Å². The van der Waals surface area contributed by atoms with Gasteiger partial charge in [0.25, 0.3) is 0 Å². The second kappa shape index (κ2) is 5.12. The fraction of sp³-hybridized carbons (Fsp3) is 0.700. The van der Waals surface area contributed by atoms with Crippen LogP contribution < -0.4 is 0 Å². The Hall–Kier alpha value is -0.330. The third-order valence-electron chi connectivity index (χ3n) is 2.52. The van der Waals surface area contributed by atoms with E-state index in [1.54, 1.807) is 5.38 Å². The minimum atomic E-state index is -4.14. The van der Waals surface area contributed by atoms with Gasteiger partial charge in [0, 0.05) is 11.4 Å². The van der Waals surface area contributed by atoms with Gasteiger partial charge in [-0.1, -0.05) is 0 Å². The molecule has 1 aliphatic carbocycles. The van der Waals surface area contributed by atoms with E-state index in [-0.39, 0.29) is 12.6 Å². The van der Waals surface area contributed by atoms with Crippen LogP contribution in [0.2, 0.25) is 0 Å². The summed E-state index contributed by atoms with van der Waals surface area (Å²) < 4.78 is 37.2. The summed E-state index contributed by atoms with van der Waals surface area (Å²) in [6, 6.07) is 0.0694. The van der Waals surface area contributed by atoms with Crippen molar-refractivity contribution >= 4 is 22.9 Å². The highest BCUT2D eigenvalue weighted by Gasteiger charge is 2.38. The lowest BCUT2D eigenvalue weighted by molar-refractivity contribution is -0.148. The second-order valence-electron chi connectivity index (χ2n) is 4.12. The highest BCUT2D eigenvalue weighted by molar-refractivity contribution is 7.09. The summed E-state index contributed by atoms with van der Waals surface area (Å²) in [5.74, 6) is 0.305. The Balaban J connectivity index is 1.97. The van der Waals surface area contributed by atoms with Gasteiger partial charge < -0.3 is 0 Å². The van der Waals surface area contributed by atoms with E-state index in [1.807, 2.05) is 0 Å². The summed E-state index contributed by atoms with van der Waals surface area (Å²) in [5, 5.41) is 2.50. The molecule has 17 heavy (non-hydrogen) atoms. The summed E-state index contributed by atoms with van der Waals surface area (Å²) in [5.41, 5.74) is 0.731. The standard InChI is InChI=1S/C10H12ClF3N2S/c11-3-7-5-17-9(15-7)4-16(8-1-2-8)6-10(12,13)14/h5,8H,1-4,6H2. The maximum Gasteiger partial charge on any atom is 0.401 e. The molecule has 2 nitrogen and oxygen atoms in total. The van der Waals surface area contributed by atoms with E-state index >= 15 is 0 Å². The van der Waals surface area contributed by atoms with Crippen LogP contribution in [-0.4, -0.2) is 28.6 Å². The van der Waals surface area contributed by atoms with Crippen molar-refractivity contribution in [3.05, 3.63) is 16.1 Å². The van der Waals surface area contributed by atoms with E-state index in [0.29, 0.717) is 10.9 Å². The molecule has 0 atom stereocenters. The van der Waals surface area contributed by atoms with Crippen LogP contribution in [0.15, 0.2) is 5.38 Å². The largest absolute Gasteiger partial charge is 0.401 e. The molecule has 1 aromatic heterocycles. The number of rotatable bonds is 5. The molecule has 0 aromatic carbocycles. The molecule has 2 rings (SSSR count). The number of thiazole rings is 1. The number of hydrogen-bond acceptors (Lipinski definition) is 3. The van der Waals surface area contributed by atoms with Gasteiger partial charge in [0.1, 0.15) is 5.01 Å². The Labute approximate surface area is 106 Å². The van der Waals surface area contributed by atoms with Crippen LogP contribution in [0.4, 0.5) is 13.2 Å². The van der Waals surface area contributed by atoms with Crippen molar-refractivity contribution in [1.29, 1.82) is 0 Å². The smallest absolute Gasteiger partial charge is 0.285 e. The van der Waals surface area contributed by atoms with Gasteiger partial charge >= 0.3 is 6.18 Å². The van der Waals surface area contributed by atoms with E-state index in [0.717, 1.165) is 18.5 Å². The van der Waals surface area contributed by atoms with Crippen LogP contribution >= 0.6 is 22.9 Å². The Bertz CT molecular complexity index is 376. The van der Waals surface area contributed by atoms with E-state index in [2.05, 4.69) is 4.98 Å². The molecule has 1 saturated carbocycles. The Morgan fingerprint density at radius 2 is 2.18 bits per heavy atom. The molecule has 96 valence electrons. The molecule has 7 heteroatoms. The highest BCUT2D eigenvalue weighted by Crippen LogP contribution is 2.31. The van der Waals surface area contributed by atoms with Crippen LogP contribution in [0.3, 0.4) is 0 Å². The normalized spacial score (nSPS) is 16.8. The number of alkyl halides is 4. The molecule has 0 unspecified atom stereocenters. The summed E-state index contributed by atoms with van der Waals surface area (Å²) in [6.45, 7) is -0.584. The Kier molecular flexibility index (Phi) is 3.95. The Morgan fingerprint density at radius 3 is 2.65 bits per heavy atom. The first-order chi connectivity index (χ1) is 7.98. The van der Waals surface area contributed by atoms with Crippen molar-refractivity contribution in [2.75, 3.05) is 6.54 Å². The fourth-order valence-electron chi connectivity index (χ4n) is 1.64. The molecule has 1 aliphatic rings. The molecule has 1 aromatic rings. The van der Waals surface area contributed by atoms with Gasteiger partial charge in [0.05, 0.1) is 24.7 Å². The van der Waals surface area contributed by atoms with Crippen molar-refractivity contribution in [3.8, 4) is 0 Å². The third kappa shape index (κ3) is 4.12. The van der Waals surface area contributed by atoms with Crippen LogP contribution in [0.1, 0.15) is 23.5 Å². The molecule has 0 aliphatic heterocycles. The molecule has 0 N–H and O–H groups in total. The molecule has 0 radical (unpaired) electrons. The van der Waals surface area contributed by atoms with E-state index < -0.39 is 12.7 Å². The SMILES string of the molecule is FC(F)(F)CN(Cc1nc(CCl)cs1)C1CC1. The van der Waals surface area contributed by atoms with Crippen molar-refractivity contribution in [2.24, 2.45) is 0 Å².